The summed E-state index contributed by atoms with van der Waals surface area (Å²) in [6.45, 7) is 7.56. The maximum atomic E-state index is 12.1. The maximum absolute atomic E-state index is 12.1. The van der Waals surface area contributed by atoms with Gasteiger partial charge < -0.3 is 15.1 Å². The molecule has 1 aliphatic carbocycles. The van der Waals surface area contributed by atoms with Crippen LogP contribution in [0, 0.1) is 0 Å². The molecule has 1 saturated carbocycles. The highest BCUT2D eigenvalue weighted by molar-refractivity contribution is 5.74. The van der Waals surface area contributed by atoms with E-state index in [1.54, 1.807) is 4.90 Å². The minimum Gasteiger partial charge on any atom is -0.335 e. The minimum atomic E-state index is 0.178. The summed E-state index contributed by atoms with van der Waals surface area (Å²) in [6.07, 6.45) is 7.48. The van der Waals surface area contributed by atoms with Crippen molar-refractivity contribution in [2.75, 3.05) is 32.7 Å². The van der Waals surface area contributed by atoms with E-state index in [0.717, 1.165) is 26.2 Å². The highest BCUT2D eigenvalue weighted by atomic mass is 16.2. The van der Waals surface area contributed by atoms with Gasteiger partial charge in [0, 0.05) is 6.04 Å². The number of carbonyl (C=O) groups excluding carboxylic acids is 1. The summed E-state index contributed by atoms with van der Waals surface area (Å²) in [4.78, 5) is 15.8. The molecule has 0 radical (unpaired) electrons. The third-order valence-electron chi connectivity index (χ3n) is 4.29. The van der Waals surface area contributed by atoms with Crippen LogP contribution in [0.4, 0.5) is 4.79 Å². The van der Waals surface area contributed by atoms with Crippen molar-refractivity contribution in [1.82, 2.24) is 10.2 Å². The molecule has 0 aromatic heterocycles. The molecular weight excluding hydrogens is 226 g/mol. The summed E-state index contributed by atoms with van der Waals surface area (Å²) in [5, 5.41) is 3.21. The van der Waals surface area contributed by atoms with Gasteiger partial charge >= 0.3 is 6.03 Å². The zero-order valence-corrected chi connectivity index (χ0v) is 11.7. The van der Waals surface area contributed by atoms with Gasteiger partial charge in [-0.2, -0.15) is 0 Å². The van der Waals surface area contributed by atoms with Crippen molar-refractivity contribution in [3.63, 3.8) is 0 Å². The van der Waals surface area contributed by atoms with Gasteiger partial charge in [-0.15, -0.1) is 0 Å². The Kier molecular flexibility index (Phi) is 5.29. The van der Waals surface area contributed by atoms with E-state index in [1.807, 2.05) is 4.90 Å². The van der Waals surface area contributed by atoms with Crippen molar-refractivity contribution in [2.24, 2.45) is 0 Å². The molecule has 2 aliphatic rings. The normalized spacial score (nSPS) is 23.1. The standard InChI is InChI=1S/C14H27N3O/c1-2-8-16-9-11-17(12-10-16)14(18)15-13-6-4-3-5-7-13/h13H,2-12H2,1H3,(H,15,18)/p+1. The molecule has 0 aromatic carbocycles. The van der Waals surface area contributed by atoms with Crippen molar-refractivity contribution in [3.05, 3.63) is 0 Å². The molecule has 1 heterocycles. The van der Waals surface area contributed by atoms with Crippen molar-refractivity contribution < 1.29 is 9.69 Å². The van der Waals surface area contributed by atoms with Crippen LogP contribution in [0.25, 0.3) is 0 Å². The van der Waals surface area contributed by atoms with E-state index in [0.29, 0.717) is 6.04 Å². The van der Waals surface area contributed by atoms with E-state index in [9.17, 15) is 4.79 Å². The van der Waals surface area contributed by atoms with Crippen LogP contribution in [-0.2, 0) is 0 Å². The van der Waals surface area contributed by atoms with E-state index < -0.39 is 0 Å². The molecule has 1 saturated heterocycles. The number of urea groups is 1. The van der Waals surface area contributed by atoms with Gasteiger partial charge in [0.25, 0.3) is 0 Å². The molecule has 2 amide bonds. The van der Waals surface area contributed by atoms with E-state index in [1.165, 1.54) is 45.1 Å². The molecule has 0 bridgehead atoms. The first-order valence-electron chi connectivity index (χ1n) is 7.68. The quantitative estimate of drug-likeness (QED) is 0.762. The summed E-state index contributed by atoms with van der Waals surface area (Å²) in [6, 6.07) is 0.615. The number of amides is 2. The molecule has 4 nitrogen and oxygen atoms in total. The lowest BCUT2D eigenvalue weighted by atomic mass is 9.96. The second-order valence-corrected chi connectivity index (χ2v) is 5.77. The van der Waals surface area contributed by atoms with Crippen molar-refractivity contribution in [2.45, 2.75) is 51.5 Å². The average molecular weight is 254 g/mol. The van der Waals surface area contributed by atoms with Gasteiger partial charge in [0.15, 0.2) is 0 Å². The zero-order chi connectivity index (χ0) is 12.8. The molecule has 1 aliphatic heterocycles. The fraction of sp³-hybridized carbons (Fsp3) is 0.929. The molecule has 104 valence electrons. The Morgan fingerprint density at radius 1 is 1.22 bits per heavy atom. The lowest BCUT2D eigenvalue weighted by molar-refractivity contribution is -0.904. The van der Waals surface area contributed by atoms with Gasteiger partial charge in [-0.1, -0.05) is 26.2 Å². The lowest BCUT2D eigenvalue weighted by Crippen LogP contribution is -3.14. The highest BCUT2D eigenvalue weighted by Gasteiger charge is 2.25. The SMILES string of the molecule is CCC[NH+]1CCN(C(=O)NC2CCCCC2)CC1. The largest absolute Gasteiger partial charge is 0.335 e. The predicted molar refractivity (Wildman–Crippen MR) is 72.8 cm³/mol. The molecule has 2 rings (SSSR count). The van der Waals surface area contributed by atoms with Gasteiger partial charge in [0.2, 0.25) is 0 Å². The van der Waals surface area contributed by atoms with Crippen LogP contribution in [-0.4, -0.2) is 49.7 Å². The second-order valence-electron chi connectivity index (χ2n) is 5.77. The van der Waals surface area contributed by atoms with E-state index in [2.05, 4.69) is 12.2 Å². The van der Waals surface area contributed by atoms with Crippen molar-refractivity contribution >= 4 is 6.03 Å². The Bertz CT molecular complexity index is 256. The molecule has 0 aromatic rings. The van der Waals surface area contributed by atoms with Gasteiger partial charge in [0.1, 0.15) is 0 Å². The summed E-state index contributed by atoms with van der Waals surface area (Å²) >= 11 is 0. The number of hydrogen-bond acceptors (Lipinski definition) is 1. The molecule has 2 N–H and O–H groups in total. The van der Waals surface area contributed by atoms with E-state index >= 15 is 0 Å². The third kappa shape index (κ3) is 3.87. The van der Waals surface area contributed by atoms with Gasteiger partial charge in [-0.3, -0.25) is 0 Å². The lowest BCUT2D eigenvalue weighted by Gasteiger charge is -2.33. The van der Waals surface area contributed by atoms with Crippen LogP contribution >= 0.6 is 0 Å². The fourth-order valence-corrected chi connectivity index (χ4v) is 3.14. The monoisotopic (exact) mass is 254 g/mol. The number of rotatable bonds is 3. The number of hydrogen-bond donors (Lipinski definition) is 2. The summed E-state index contributed by atoms with van der Waals surface area (Å²) < 4.78 is 0. The Balaban J connectivity index is 1.70. The molecule has 4 heteroatoms. The smallest absolute Gasteiger partial charge is 0.318 e. The Labute approximate surface area is 111 Å². The Hall–Kier alpha value is -0.770. The number of nitrogens with one attached hydrogen (secondary N) is 2. The van der Waals surface area contributed by atoms with Gasteiger partial charge in [-0.05, 0) is 19.3 Å². The van der Waals surface area contributed by atoms with Gasteiger partial charge in [0.05, 0.1) is 32.7 Å². The van der Waals surface area contributed by atoms with Crippen LogP contribution in [0.15, 0.2) is 0 Å². The summed E-state index contributed by atoms with van der Waals surface area (Å²) in [7, 11) is 0. The summed E-state index contributed by atoms with van der Waals surface area (Å²) in [5.74, 6) is 0. The average Bonchev–Trinajstić information content (AvgIpc) is 2.41. The predicted octanol–water partition coefficient (Wildman–Crippen LogP) is 0.639. The molecule has 18 heavy (non-hydrogen) atoms. The Morgan fingerprint density at radius 3 is 2.50 bits per heavy atom. The van der Waals surface area contributed by atoms with Crippen LogP contribution < -0.4 is 10.2 Å². The molecule has 0 spiro atoms. The van der Waals surface area contributed by atoms with E-state index in [4.69, 9.17) is 0 Å². The van der Waals surface area contributed by atoms with Crippen LogP contribution in [0.2, 0.25) is 0 Å². The number of quaternary nitrogens is 1. The molecule has 0 atom stereocenters. The number of piperazine rings is 1. The number of carbonyl (C=O) groups is 1. The van der Waals surface area contributed by atoms with Crippen LogP contribution in [0.5, 0.6) is 0 Å². The molecule has 2 fully saturated rings. The minimum absolute atomic E-state index is 0.178. The first-order chi connectivity index (χ1) is 8.79. The maximum Gasteiger partial charge on any atom is 0.318 e. The first kappa shape index (κ1) is 13.7. The topological polar surface area (TPSA) is 36.8 Å². The third-order valence-corrected chi connectivity index (χ3v) is 4.29. The second kappa shape index (κ2) is 6.98. The Morgan fingerprint density at radius 2 is 1.89 bits per heavy atom. The van der Waals surface area contributed by atoms with Crippen molar-refractivity contribution in [3.8, 4) is 0 Å². The molecule has 0 unspecified atom stereocenters. The number of nitrogens with zero attached hydrogens (tertiary/aromatic N) is 1. The fourth-order valence-electron chi connectivity index (χ4n) is 3.14. The molecular formula is C14H28N3O+. The van der Waals surface area contributed by atoms with Gasteiger partial charge in [-0.25, -0.2) is 4.79 Å². The zero-order valence-electron chi connectivity index (χ0n) is 11.7. The highest BCUT2D eigenvalue weighted by Crippen LogP contribution is 2.17. The first-order valence-corrected chi connectivity index (χ1v) is 7.68. The summed E-state index contributed by atoms with van der Waals surface area (Å²) in [5.41, 5.74) is 0. The van der Waals surface area contributed by atoms with Crippen molar-refractivity contribution in [1.29, 1.82) is 0 Å². The van der Waals surface area contributed by atoms with Crippen LogP contribution in [0.1, 0.15) is 45.4 Å². The van der Waals surface area contributed by atoms with E-state index in [-0.39, 0.29) is 6.03 Å². The van der Waals surface area contributed by atoms with Crippen LogP contribution in [0.3, 0.4) is 0 Å².